The number of carbonyl (C=O) groups excluding carboxylic acids is 1. The number of hydrogen-bond acceptors (Lipinski definition) is 5. The molecule has 0 bridgehead atoms. The van der Waals surface area contributed by atoms with E-state index in [2.05, 4.69) is 9.97 Å². The summed E-state index contributed by atoms with van der Waals surface area (Å²) in [5.74, 6) is 0.329. The largest absolute Gasteiger partial charge is 0.461 e. The zero-order valence-corrected chi connectivity index (χ0v) is 13.7. The van der Waals surface area contributed by atoms with Crippen LogP contribution in [0.5, 0.6) is 0 Å². The van der Waals surface area contributed by atoms with E-state index in [1.165, 1.54) is 0 Å². The zero-order chi connectivity index (χ0) is 16.1. The van der Waals surface area contributed by atoms with E-state index in [4.69, 9.17) is 16.3 Å². The molecule has 0 amide bonds. The third-order valence-electron chi connectivity index (χ3n) is 3.10. The van der Waals surface area contributed by atoms with Gasteiger partial charge in [0, 0.05) is 28.1 Å². The highest BCUT2D eigenvalue weighted by Gasteiger charge is 2.08. The fourth-order valence-electron chi connectivity index (χ4n) is 2.00. The van der Waals surface area contributed by atoms with Gasteiger partial charge < -0.3 is 4.74 Å². The van der Waals surface area contributed by atoms with E-state index in [0.717, 1.165) is 10.4 Å². The Kier molecular flexibility index (Phi) is 5.10. The van der Waals surface area contributed by atoms with E-state index in [1.54, 1.807) is 42.4 Å². The highest BCUT2D eigenvalue weighted by atomic mass is 35.5. The standard InChI is InChI=1S/C17H13ClN2O2S/c18-13-2-4-14(5-3-13)23-10-9-22-17(21)12-1-6-15-16(11-12)20-8-7-19-15/h1-8,11H,9-10H2. The lowest BCUT2D eigenvalue weighted by atomic mass is 10.2. The Balaban J connectivity index is 1.53. The van der Waals surface area contributed by atoms with Gasteiger partial charge in [-0.3, -0.25) is 9.97 Å². The molecule has 3 aromatic rings. The average Bonchev–Trinajstić information content (AvgIpc) is 2.59. The van der Waals surface area contributed by atoms with E-state index >= 15 is 0 Å². The van der Waals surface area contributed by atoms with Crippen LogP contribution in [0.25, 0.3) is 11.0 Å². The second-order valence-corrected chi connectivity index (χ2v) is 6.30. The molecule has 0 aliphatic carbocycles. The summed E-state index contributed by atoms with van der Waals surface area (Å²) in [5.41, 5.74) is 1.91. The monoisotopic (exact) mass is 344 g/mol. The molecule has 2 aromatic carbocycles. The van der Waals surface area contributed by atoms with Crippen LogP contribution in [-0.4, -0.2) is 28.3 Å². The smallest absolute Gasteiger partial charge is 0.338 e. The maximum absolute atomic E-state index is 12.0. The summed E-state index contributed by atoms with van der Waals surface area (Å²) in [7, 11) is 0. The van der Waals surface area contributed by atoms with Crippen LogP contribution >= 0.6 is 23.4 Å². The maximum atomic E-state index is 12.0. The highest BCUT2D eigenvalue weighted by molar-refractivity contribution is 7.99. The Bertz CT molecular complexity index is 824. The average molecular weight is 345 g/mol. The topological polar surface area (TPSA) is 52.1 Å². The van der Waals surface area contributed by atoms with Crippen molar-refractivity contribution in [3.05, 3.63) is 65.4 Å². The van der Waals surface area contributed by atoms with Gasteiger partial charge in [-0.05, 0) is 42.5 Å². The Labute approximate surface area is 142 Å². The van der Waals surface area contributed by atoms with Gasteiger partial charge in [0.2, 0.25) is 0 Å². The second kappa shape index (κ2) is 7.44. The normalized spacial score (nSPS) is 10.7. The molecule has 23 heavy (non-hydrogen) atoms. The number of hydrogen-bond donors (Lipinski definition) is 0. The quantitative estimate of drug-likeness (QED) is 0.394. The molecule has 0 radical (unpaired) electrons. The first-order valence-corrected chi connectivity index (χ1v) is 8.35. The Morgan fingerprint density at radius 3 is 2.57 bits per heavy atom. The number of benzene rings is 2. The number of esters is 1. The van der Waals surface area contributed by atoms with Gasteiger partial charge in [0.05, 0.1) is 16.6 Å². The van der Waals surface area contributed by atoms with Gasteiger partial charge in [-0.1, -0.05) is 11.6 Å². The molecule has 4 nitrogen and oxygen atoms in total. The summed E-state index contributed by atoms with van der Waals surface area (Å²) in [5, 5.41) is 0.709. The van der Waals surface area contributed by atoms with Gasteiger partial charge in [0.25, 0.3) is 0 Å². The van der Waals surface area contributed by atoms with Gasteiger partial charge in [0.15, 0.2) is 0 Å². The number of aromatic nitrogens is 2. The van der Waals surface area contributed by atoms with Crippen molar-refractivity contribution < 1.29 is 9.53 Å². The van der Waals surface area contributed by atoms with Gasteiger partial charge in [-0.15, -0.1) is 11.8 Å². The van der Waals surface area contributed by atoms with Gasteiger partial charge >= 0.3 is 5.97 Å². The molecule has 0 saturated carbocycles. The van der Waals surface area contributed by atoms with Crippen molar-refractivity contribution in [2.24, 2.45) is 0 Å². The summed E-state index contributed by atoms with van der Waals surface area (Å²) >= 11 is 7.45. The molecule has 0 fully saturated rings. The van der Waals surface area contributed by atoms with E-state index < -0.39 is 0 Å². The molecule has 0 N–H and O–H groups in total. The summed E-state index contributed by atoms with van der Waals surface area (Å²) in [4.78, 5) is 21.5. The Morgan fingerprint density at radius 2 is 1.78 bits per heavy atom. The molecule has 3 rings (SSSR count). The van der Waals surface area contributed by atoms with Crippen molar-refractivity contribution in [3.63, 3.8) is 0 Å². The van der Waals surface area contributed by atoms with Crippen LogP contribution in [-0.2, 0) is 4.74 Å². The molecular weight excluding hydrogens is 332 g/mol. The fraction of sp³-hybridized carbons (Fsp3) is 0.118. The van der Waals surface area contributed by atoms with Crippen LogP contribution in [0, 0.1) is 0 Å². The van der Waals surface area contributed by atoms with Gasteiger partial charge in [0.1, 0.15) is 6.61 Å². The molecule has 0 aliphatic heterocycles. The minimum Gasteiger partial charge on any atom is -0.461 e. The first-order chi connectivity index (χ1) is 11.2. The predicted molar refractivity (Wildman–Crippen MR) is 92.0 cm³/mol. The minimum absolute atomic E-state index is 0.338. The number of rotatable bonds is 5. The molecule has 0 saturated heterocycles. The lowest BCUT2D eigenvalue weighted by molar-refractivity contribution is 0.0530. The van der Waals surface area contributed by atoms with E-state index in [9.17, 15) is 4.79 Å². The van der Waals surface area contributed by atoms with Gasteiger partial charge in [-0.2, -0.15) is 0 Å². The van der Waals surface area contributed by atoms with Crippen LogP contribution in [0.15, 0.2) is 59.8 Å². The van der Waals surface area contributed by atoms with Crippen molar-refractivity contribution in [2.45, 2.75) is 4.90 Å². The van der Waals surface area contributed by atoms with E-state index in [0.29, 0.717) is 28.5 Å². The van der Waals surface area contributed by atoms with Crippen LogP contribution in [0.3, 0.4) is 0 Å². The summed E-state index contributed by atoms with van der Waals surface area (Å²) in [6.45, 7) is 0.338. The lowest BCUT2D eigenvalue weighted by Crippen LogP contribution is -2.08. The van der Waals surface area contributed by atoms with E-state index in [1.807, 2.05) is 24.3 Å². The molecule has 116 valence electrons. The van der Waals surface area contributed by atoms with Crippen molar-refractivity contribution >= 4 is 40.4 Å². The number of thioether (sulfide) groups is 1. The molecule has 0 aliphatic rings. The molecular formula is C17H13ClN2O2S. The Hall–Kier alpha value is -2.11. The third-order valence-corrected chi connectivity index (χ3v) is 4.33. The maximum Gasteiger partial charge on any atom is 0.338 e. The number of halogens is 1. The van der Waals surface area contributed by atoms with Crippen LogP contribution < -0.4 is 0 Å². The molecule has 1 aromatic heterocycles. The van der Waals surface area contributed by atoms with Crippen LogP contribution in [0.4, 0.5) is 0 Å². The molecule has 0 atom stereocenters. The third kappa shape index (κ3) is 4.21. The summed E-state index contributed by atoms with van der Waals surface area (Å²) in [6.07, 6.45) is 3.22. The summed E-state index contributed by atoms with van der Waals surface area (Å²) < 4.78 is 5.29. The molecule has 0 spiro atoms. The SMILES string of the molecule is O=C(OCCSc1ccc(Cl)cc1)c1ccc2nccnc2c1. The van der Waals surface area contributed by atoms with Crippen LogP contribution in [0.1, 0.15) is 10.4 Å². The lowest BCUT2D eigenvalue weighted by Gasteiger charge is -2.05. The van der Waals surface area contributed by atoms with Crippen molar-refractivity contribution in [1.29, 1.82) is 0 Å². The molecule has 1 heterocycles. The predicted octanol–water partition coefficient (Wildman–Crippen LogP) is 4.23. The van der Waals surface area contributed by atoms with Crippen molar-refractivity contribution in [2.75, 3.05) is 12.4 Å². The molecule has 0 unspecified atom stereocenters. The van der Waals surface area contributed by atoms with Crippen LogP contribution in [0.2, 0.25) is 5.02 Å². The zero-order valence-electron chi connectivity index (χ0n) is 12.1. The Morgan fingerprint density at radius 1 is 1.04 bits per heavy atom. The number of fused-ring (bicyclic) bond motifs is 1. The molecule has 6 heteroatoms. The highest BCUT2D eigenvalue weighted by Crippen LogP contribution is 2.20. The number of nitrogens with zero attached hydrogens (tertiary/aromatic N) is 2. The van der Waals surface area contributed by atoms with Gasteiger partial charge in [-0.25, -0.2) is 4.79 Å². The number of carbonyl (C=O) groups is 1. The first-order valence-electron chi connectivity index (χ1n) is 6.99. The fourth-order valence-corrected chi connectivity index (χ4v) is 2.86. The minimum atomic E-state index is -0.353. The second-order valence-electron chi connectivity index (χ2n) is 4.70. The van der Waals surface area contributed by atoms with E-state index in [-0.39, 0.29) is 5.97 Å². The number of ether oxygens (including phenoxy) is 1. The van der Waals surface area contributed by atoms with Crippen molar-refractivity contribution in [1.82, 2.24) is 9.97 Å². The first kappa shape index (κ1) is 15.8. The van der Waals surface area contributed by atoms with Crippen molar-refractivity contribution in [3.8, 4) is 0 Å². The summed E-state index contributed by atoms with van der Waals surface area (Å²) in [6, 6.07) is 12.7.